The number of hydrogen-bond acceptors (Lipinski definition) is 3. The number of aromatic nitrogens is 2. The summed E-state index contributed by atoms with van der Waals surface area (Å²) in [7, 11) is 0. The minimum atomic E-state index is -4.46. The second-order valence-corrected chi connectivity index (χ2v) is 9.87. The Labute approximate surface area is 212 Å². The Morgan fingerprint density at radius 1 is 1.11 bits per heavy atom. The number of ketones is 1. The molecule has 5 rings (SSSR count). The molecule has 0 fully saturated rings. The van der Waals surface area contributed by atoms with E-state index in [0.717, 1.165) is 35.2 Å². The predicted octanol–water partition coefficient (Wildman–Crippen LogP) is 7.22. The number of hydrogen-bond donors (Lipinski definition) is 0. The number of benzene rings is 2. The molecule has 2 atom stereocenters. The van der Waals surface area contributed by atoms with E-state index in [1.54, 1.807) is 18.3 Å². The second kappa shape index (κ2) is 9.61. The summed E-state index contributed by atoms with van der Waals surface area (Å²) in [6.07, 6.45) is -0.272. The van der Waals surface area contributed by atoms with Crippen LogP contribution in [0.3, 0.4) is 0 Å². The van der Waals surface area contributed by atoms with Gasteiger partial charge in [0.1, 0.15) is 0 Å². The predicted molar refractivity (Wildman–Crippen MR) is 137 cm³/mol. The average Bonchev–Trinajstić information content (AvgIpc) is 3.29. The third kappa shape index (κ3) is 4.70. The highest BCUT2D eigenvalue weighted by molar-refractivity contribution is 6.00. The van der Waals surface area contributed by atoms with Crippen molar-refractivity contribution in [3.63, 3.8) is 0 Å². The average molecular weight is 505 g/mol. The molecule has 0 saturated carbocycles. The van der Waals surface area contributed by atoms with Gasteiger partial charge in [-0.3, -0.25) is 19.1 Å². The molecule has 0 radical (unpaired) electrons. The molecule has 0 saturated heterocycles. The van der Waals surface area contributed by atoms with E-state index in [2.05, 4.69) is 11.9 Å². The first kappa shape index (κ1) is 24.9. The molecule has 4 aromatic rings. The Bertz CT molecular complexity index is 1520. The first-order chi connectivity index (χ1) is 17.6. The van der Waals surface area contributed by atoms with E-state index in [-0.39, 0.29) is 23.2 Å². The molecule has 4 nitrogen and oxygen atoms in total. The molecule has 0 bridgehead atoms. The van der Waals surface area contributed by atoms with Crippen molar-refractivity contribution in [2.75, 3.05) is 0 Å². The molecule has 1 aliphatic rings. The van der Waals surface area contributed by atoms with Gasteiger partial charge in [0, 0.05) is 40.5 Å². The number of Topliss-reactive ketones (excluding diaryl/α,β-unsaturated/α-hetero) is 1. The lowest BCUT2D eigenvalue weighted by Gasteiger charge is -2.18. The van der Waals surface area contributed by atoms with Crippen LogP contribution < -0.4 is 5.56 Å². The quantitative estimate of drug-likeness (QED) is 0.261. The summed E-state index contributed by atoms with van der Waals surface area (Å²) in [6.45, 7) is 4.11. The summed E-state index contributed by atoms with van der Waals surface area (Å²) in [5.41, 5.74) is 3.11. The van der Waals surface area contributed by atoms with E-state index >= 15 is 0 Å². The lowest BCUT2D eigenvalue weighted by Crippen LogP contribution is -2.23. The van der Waals surface area contributed by atoms with Crippen LogP contribution in [0.15, 0.2) is 71.7 Å². The van der Waals surface area contributed by atoms with Crippen molar-refractivity contribution in [2.45, 2.75) is 57.5 Å². The van der Waals surface area contributed by atoms with Crippen molar-refractivity contribution >= 4 is 16.7 Å². The van der Waals surface area contributed by atoms with Crippen LogP contribution in [0.2, 0.25) is 0 Å². The molecular weight excluding hydrogens is 477 g/mol. The van der Waals surface area contributed by atoms with E-state index in [4.69, 9.17) is 0 Å². The maximum Gasteiger partial charge on any atom is 0.416 e. The number of rotatable bonds is 6. The number of carbonyl (C=O) groups excluding carboxylic acids is 1. The lowest BCUT2D eigenvalue weighted by atomic mass is 9.93. The molecular formula is C30H27F3N2O2. The number of halogens is 3. The van der Waals surface area contributed by atoms with Gasteiger partial charge in [-0.05, 0) is 91.3 Å². The smallest absolute Gasteiger partial charge is 0.294 e. The van der Waals surface area contributed by atoms with Crippen LogP contribution in [-0.4, -0.2) is 15.3 Å². The Morgan fingerprint density at radius 3 is 2.54 bits per heavy atom. The van der Waals surface area contributed by atoms with Crippen LogP contribution in [0.5, 0.6) is 0 Å². The summed E-state index contributed by atoms with van der Waals surface area (Å²) in [5.74, 6) is 0.304. The highest BCUT2D eigenvalue weighted by Crippen LogP contribution is 2.38. The van der Waals surface area contributed by atoms with Crippen LogP contribution in [0.25, 0.3) is 16.6 Å². The van der Waals surface area contributed by atoms with Gasteiger partial charge < -0.3 is 0 Å². The Balaban J connectivity index is 1.54. The third-order valence-corrected chi connectivity index (χ3v) is 7.41. The van der Waals surface area contributed by atoms with E-state index in [1.165, 1.54) is 16.7 Å². The molecule has 1 unspecified atom stereocenters. The first-order valence-electron chi connectivity index (χ1n) is 12.5. The fourth-order valence-electron chi connectivity index (χ4n) is 5.32. The lowest BCUT2D eigenvalue weighted by molar-refractivity contribution is -0.137. The Hall–Kier alpha value is -3.74. The van der Waals surface area contributed by atoms with Crippen molar-refractivity contribution in [1.82, 2.24) is 9.55 Å². The fourth-order valence-corrected chi connectivity index (χ4v) is 5.32. The number of carbonyl (C=O) groups is 1. The van der Waals surface area contributed by atoms with Gasteiger partial charge in [0.2, 0.25) is 0 Å². The first-order valence-corrected chi connectivity index (χ1v) is 12.5. The third-order valence-electron chi connectivity index (χ3n) is 7.41. The van der Waals surface area contributed by atoms with Gasteiger partial charge >= 0.3 is 6.18 Å². The van der Waals surface area contributed by atoms with Crippen molar-refractivity contribution < 1.29 is 18.0 Å². The largest absolute Gasteiger partial charge is 0.416 e. The number of alkyl halides is 3. The minimum absolute atomic E-state index is 0.0105. The van der Waals surface area contributed by atoms with Crippen molar-refractivity contribution in [1.29, 1.82) is 0 Å². The van der Waals surface area contributed by atoms with E-state index in [0.29, 0.717) is 41.6 Å². The van der Waals surface area contributed by atoms with Crippen molar-refractivity contribution in [3.8, 4) is 5.69 Å². The van der Waals surface area contributed by atoms with Crippen molar-refractivity contribution in [3.05, 3.63) is 105 Å². The standard InChI is InChI=1S/C30H27F3N2O2/c1-18(25-5-3-4-16-34-25)7-15-27(36)20-8-14-26-24(17-20)28-19(2)6-13-23(28)29(37)35(26)22-11-9-21(10-12-22)30(31,32)33/h3-5,8-12,14,16-19H,6-7,13,15H2,1-2H3/t18-,19?/m1/s1. The van der Waals surface area contributed by atoms with Gasteiger partial charge in [-0.2, -0.15) is 13.2 Å². The van der Waals surface area contributed by atoms with Gasteiger partial charge in [-0.25, -0.2) is 0 Å². The van der Waals surface area contributed by atoms with E-state index in [1.807, 2.05) is 31.2 Å². The van der Waals surface area contributed by atoms with Crippen LogP contribution in [0.1, 0.15) is 77.7 Å². The molecule has 0 aliphatic heterocycles. The topological polar surface area (TPSA) is 52.0 Å². The molecule has 2 aromatic heterocycles. The molecule has 37 heavy (non-hydrogen) atoms. The van der Waals surface area contributed by atoms with E-state index < -0.39 is 11.7 Å². The second-order valence-electron chi connectivity index (χ2n) is 9.87. The molecule has 2 aromatic carbocycles. The maximum atomic E-state index is 13.5. The van der Waals surface area contributed by atoms with Crippen LogP contribution in [0.4, 0.5) is 13.2 Å². The number of pyridine rings is 2. The zero-order chi connectivity index (χ0) is 26.3. The summed E-state index contributed by atoms with van der Waals surface area (Å²) >= 11 is 0. The van der Waals surface area contributed by atoms with Crippen molar-refractivity contribution in [2.24, 2.45) is 0 Å². The Morgan fingerprint density at radius 2 is 1.86 bits per heavy atom. The normalized spacial score (nSPS) is 16.1. The minimum Gasteiger partial charge on any atom is -0.294 e. The summed E-state index contributed by atoms with van der Waals surface area (Å²) in [4.78, 5) is 31.0. The monoisotopic (exact) mass is 504 g/mol. The van der Waals surface area contributed by atoms with Gasteiger partial charge in [0.15, 0.2) is 5.78 Å². The zero-order valence-electron chi connectivity index (χ0n) is 20.7. The molecule has 190 valence electrons. The molecule has 2 heterocycles. The van der Waals surface area contributed by atoms with Gasteiger partial charge in [0.05, 0.1) is 11.1 Å². The SMILES string of the molecule is CC1CCc2c1c1cc(C(=O)CC[C@@H](C)c3ccccn3)ccc1n(-c1ccc(C(F)(F)F)cc1)c2=O. The summed E-state index contributed by atoms with van der Waals surface area (Å²) < 4.78 is 40.8. The summed E-state index contributed by atoms with van der Waals surface area (Å²) in [5, 5.41) is 0.808. The van der Waals surface area contributed by atoms with Gasteiger partial charge in [-0.1, -0.05) is 19.9 Å². The van der Waals surface area contributed by atoms with Gasteiger partial charge in [-0.15, -0.1) is 0 Å². The fraction of sp³-hybridized carbons (Fsp3) is 0.300. The number of nitrogens with zero attached hydrogens (tertiary/aromatic N) is 2. The molecule has 0 amide bonds. The van der Waals surface area contributed by atoms with Crippen LogP contribution in [-0.2, 0) is 12.6 Å². The highest BCUT2D eigenvalue weighted by atomic mass is 19.4. The van der Waals surface area contributed by atoms with Gasteiger partial charge in [0.25, 0.3) is 5.56 Å². The highest BCUT2D eigenvalue weighted by Gasteiger charge is 2.31. The molecule has 1 aliphatic carbocycles. The van der Waals surface area contributed by atoms with Crippen LogP contribution >= 0.6 is 0 Å². The summed E-state index contributed by atoms with van der Waals surface area (Å²) in [6, 6.07) is 15.7. The van der Waals surface area contributed by atoms with Crippen LogP contribution in [0, 0.1) is 0 Å². The molecule has 0 N–H and O–H groups in total. The Kier molecular flexibility index (Phi) is 6.48. The zero-order valence-corrected chi connectivity index (χ0v) is 20.7. The molecule has 0 spiro atoms. The number of fused-ring (bicyclic) bond motifs is 3. The molecule has 7 heteroatoms. The maximum absolute atomic E-state index is 13.5. The van der Waals surface area contributed by atoms with E-state index in [9.17, 15) is 22.8 Å².